The first-order chi connectivity index (χ1) is 9.16. The van der Waals surface area contributed by atoms with Crippen LogP contribution >= 0.6 is 0 Å². The zero-order chi connectivity index (χ0) is 13.7. The first-order valence-corrected chi connectivity index (χ1v) is 6.51. The molecule has 102 valence electrons. The molecule has 5 nitrogen and oxygen atoms in total. The molecule has 1 atom stereocenters. The smallest absolute Gasteiger partial charge is 0.307 e. The number of anilines is 1. The summed E-state index contributed by atoms with van der Waals surface area (Å²) in [6.45, 7) is 0.856. The van der Waals surface area contributed by atoms with Crippen molar-refractivity contribution in [1.82, 2.24) is 5.32 Å². The molecule has 0 bridgehead atoms. The molecule has 1 fully saturated rings. The van der Waals surface area contributed by atoms with E-state index in [9.17, 15) is 9.59 Å². The van der Waals surface area contributed by atoms with Gasteiger partial charge in [0.1, 0.15) is 0 Å². The molecule has 1 aliphatic rings. The van der Waals surface area contributed by atoms with Crippen LogP contribution in [0.15, 0.2) is 24.3 Å². The highest BCUT2D eigenvalue weighted by Gasteiger charge is 2.21. The molecule has 0 aliphatic carbocycles. The van der Waals surface area contributed by atoms with Gasteiger partial charge >= 0.3 is 5.97 Å². The first-order valence-electron chi connectivity index (χ1n) is 6.51. The van der Waals surface area contributed by atoms with Crippen molar-refractivity contribution in [3.05, 3.63) is 29.8 Å². The van der Waals surface area contributed by atoms with Crippen LogP contribution < -0.4 is 10.6 Å². The Morgan fingerprint density at radius 1 is 1.32 bits per heavy atom. The summed E-state index contributed by atoms with van der Waals surface area (Å²) in [5, 5.41) is 14.8. The second-order valence-electron chi connectivity index (χ2n) is 4.72. The largest absolute Gasteiger partial charge is 0.481 e. The zero-order valence-electron chi connectivity index (χ0n) is 10.7. The van der Waals surface area contributed by atoms with Crippen molar-refractivity contribution in [2.75, 3.05) is 11.9 Å². The molecule has 19 heavy (non-hydrogen) atoms. The topological polar surface area (TPSA) is 78.4 Å². The van der Waals surface area contributed by atoms with Gasteiger partial charge in [-0.25, -0.2) is 0 Å². The molecule has 0 radical (unpaired) electrons. The monoisotopic (exact) mass is 262 g/mol. The molecule has 0 spiro atoms. The molecule has 1 saturated heterocycles. The molecular formula is C14H18N2O3. The van der Waals surface area contributed by atoms with Gasteiger partial charge in [0.25, 0.3) is 0 Å². The van der Waals surface area contributed by atoms with Gasteiger partial charge in [-0.3, -0.25) is 9.59 Å². The number of hydrogen-bond acceptors (Lipinski definition) is 3. The lowest BCUT2D eigenvalue weighted by Crippen LogP contribution is -2.43. The van der Waals surface area contributed by atoms with Crippen LogP contribution in [-0.2, 0) is 16.0 Å². The third-order valence-electron chi connectivity index (χ3n) is 3.24. The summed E-state index contributed by atoms with van der Waals surface area (Å²) < 4.78 is 0. The van der Waals surface area contributed by atoms with E-state index >= 15 is 0 Å². The van der Waals surface area contributed by atoms with Crippen LogP contribution in [0, 0.1) is 0 Å². The van der Waals surface area contributed by atoms with E-state index in [-0.39, 0.29) is 18.4 Å². The van der Waals surface area contributed by atoms with Gasteiger partial charge < -0.3 is 15.7 Å². The Labute approximate surface area is 112 Å². The van der Waals surface area contributed by atoms with E-state index in [1.807, 2.05) is 0 Å². The summed E-state index contributed by atoms with van der Waals surface area (Å²) in [5.41, 5.74) is 1.21. The van der Waals surface area contributed by atoms with Gasteiger partial charge in [0.2, 0.25) is 5.91 Å². The first kappa shape index (κ1) is 13.5. The average Bonchev–Trinajstić information content (AvgIpc) is 2.41. The Bertz CT molecular complexity index is 468. The van der Waals surface area contributed by atoms with E-state index in [4.69, 9.17) is 5.11 Å². The minimum absolute atomic E-state index is 0.0856. The molecule has 1 aromatic rings. The summed E-state index contributed by atoms with van der Waals surface area (Å²) in [6, 6.07) is 6.84. The Hall–Kier alpha value is -1.88. The molecule has 3 N–H and O–H groups in total. The summed E-state index contributed by atoms with van der Waals surface area (Å²) in [7, 11) is 0. The van der Waals surface area contributed by atoms with Gasteiger partial charge in [-0.1, -0.05) is 24.6 Å². The number of hydrogen-bond donors (Lipinski definition) is 3. The van der Waals surface area contributed by atoms with Crippen LogP contribution in [0.5, 0.6) is 0 Å². The predicted octanol–water partition coefficient (Wildman–Crippen LogP) is 1.39. The number of carboxylic acids is 1. The number of aliphatic carboxylic acids is 1. The number of amides is 1. The van der Waals surface area contributed by atoms with Crippen LogP contribution in [0.1, 0.15) is 24.8 Å². The van der Waals surface area contributed by atoms with Gasteiger partial charge in [-0.05, 0) is 31.0 Å². The number of nitrogens with one attached hydrogen (secondary N) is 2. The lowest BCUT2D eigenvalue weighted by molar-refractivity contribution is -0.136. The maximum Gasteiger partial charge on any atom is 0.307 e. The molecule has 0 unspecified atom stereocenters. The van der Waals surface area contributed by atoms with Crippen LogP contribution in [0.25, 0.3) is 0 Å². The van der Waals surface area contributed by atoms with Crippen molar-refractivity contribution in [1.29, 1.82) is 0 Å². The van der Waals surface area contributed by atoms with Gasteiger partial charge in [-0.2, -0.15) is 0 Å². The number of benzene rings is 1. The molecule has 1 heterocycles. The third-order valence-corrected chi connectivity index (χ3v) is 3.24. The lowest BCUT2D eigenvalue weighted by atomic mass is 10.0. The quantitative estimate of drug-likeness (QED) is 0.766. The normalized spacial score (nSPS) is 18.8. The lowest BCUT2D eigenvalue weighted by Gasteiger charge is -2.23. The molecule has 2 rings (SSSR count). The SMILES string of the molecule is O=C(O)Cc1ccccc1NC(=O)[C@@H]1CCCCN1. The van der Waals surface area contributed by atoms with Crippen molar-refractivity contribution in [3.63, 3.8) is 0 Å². The second-order valence-corrected chi connectivity index (χ2v) is 4.72. The molecule has 0 saturated carbocycles. The Morgan fingerprint density at radius 3 is 2.79 bits per heavy atom. The van der Waals surface area contributed by atoms with Crippen LogP contribution in [0.4, 0.5) is 5.69 Å². The van der Waals surface area contributed by atoms with Crippen molar-refractivity contribution >= 4 is 17.6 Å². The van der Waals surface area contributed by atoms with Gasteiger partial charge in [-0.15, -0.1) is 0 Å². The fourth-order valence-corrected chi connectivity index (χ4v) is 2.25. The van der Waals surface area contributed by atoms with Gasteiger partial charge in [0.05, 0.1) is 12.5 Å². The van der Waals surface area contributed by atoms with E-state index < -0.39 is 5.97 Å². The third kappa shape index (κ3) is 3.79. The fraction of sp³-hybridized carbons (Fsp3) is 0.429. The molecule has 1 aliphatic heterocycles. The average molecular weight is 262 g/mol. The summed E-state index contributed by atoms with van der Waals surface area (Å²) in [5.74, 6) is -0.991. The Morgan fingerprint density at radius 2 is 2.11 bits per heavy atom. The molecule has 1 amide bonds. The van der Waals surface area contributed by atoms with Crippen molar-refractivity contribution in [2.45, 2.75) is 31.7 Å². The van der Waals surface area contributed by atoms with E-state index in [1.54, 1.807) is 24.3 Å². The number of rotatable bonds is 4. The number of carbonyl (C=O) groups excluding carboxylic acids is 1. The number of piperidine rings is 1. The number of carboxylic acid groups (broad SMARTS) is 1. The van der Waals surface area contributed by atoms with E-state index in [2.05, 4.69) is 10.6 Å². The Balaban J connectivity index is 2.05. The zero-order valence-corrected chi connectivity index (χ0v) is 10.7. The molecule has 1 aromatic carbocycles. The highest BCUT2D eigenvalue weighted by atomic mass is 16.4. The minimum atomic E-state index is -0.905. The van der Waals surface area contributed by atoms with E-state index in [1.165, 1.54) is 0 Å². The standard InChI is InChI=1S/C14H18N2O3/c17-13(18)9-10-5-1-2-6-11(10)16-14(19)12-7-3-4-8-15-12/h1-2,5-6,12,15H,3-4,7-9H2,(H,16,19)(H,17,18)/t12-/m0/s1. The molecule has 0 aromatic heterocycles. The fourth-order valence-electron chi connectivity index (χ4n) is 2.25. The van der Waals surface area contributed by atoms with E-state index in [0.717, 1.165) is 25.8 Å². The van der Waals surface area contributed by atoms with Crippen molar-refractivity contribution < 1.29 is 14.7 Å². The second kappa shape index (κ2) is 6.33. The van der Waals surface area contributed by atoms with E-state index in [0.29, 0.717) is 11.3 Å². The Kier molecular flexibility index (Phi) is 4.52. The molecule has 5 heteroatoms. The molecular weight excluding hydrogens is 244 g/mol. The van der Waals surface area contributed by atoms with Crippen LogP contribution in [-0.4, -0.2) is 29.6 Å². The predicted molar refractivity (Wildman–Crippen MR) is 72.1 cm³/mol. The maximum atomic E-state index is 12.1. The summed E-state index contributed by atoms with van der Waals surface area (Å²) in [6.07, 6.45) is 2.88. The highest BCUT2D eigenvalue weighted by molar-refractivity contribution is 5.96. The number of para-hydroxylation sites is 1. The van der Waals surface area contributed by atoms with Crippen LogP contribution in [0.2, 0.25) is 0 Å². The summed E-state index contributed by atoms with van der Waals surface area (Å²) >= 11 is 0. The van der Waals surface area contributed by atoms with Gasteiger partial charge in [0.15, 0.2) is 0 Å². The highest BCUT2D eigenvalue weighted by Crippen LogP contribution is 2.17. The summed E-state index contributed by atoms with van der Waals surface area (Å²) in [4.78, 5) is 22.9. The van der Waals surface area contributed by atoms with Crippen molar-refractivity contribution in [3.8, 4) is 0 Å². The van der Waals surface area contributed by atoms with Crippen LogP contribution in [0.3, 0.4) is 0 Å². The van der Waals surface area contributed by atoms with Gasteiger partial charge in [0, 0.05) is 5.69 Å². The van der Waals surface area contributed by atoms with Crippen molar-refractivity contribution in [2.24, 2.45) is 0 Å². The maximum absolute atomic E-state index is 12.1. The minimum Gasteiger partial charge on any atom is -0.481 e. The number of carbonyl (C=O) groups is 2.